The molecule has 0 radical (unpaired) electrons. The zero-order valence-corrected chi connectivity index (χ0v) is 17.6. The van der Waals surface area contributed by atoms with Gasteiger partial charge in [0.1, 0.15) is 11.6 Å². The minimum atomic E-state index is -0.605. The molecule has 8 heteroatoms. The summed E-state index contributed by atoms with van der Waals surface area (Å²) in [4.78, 5) is 12.5. The molecule has 0 unspecified atom stereocenters. The molecule has 0 aliphatic carbocycles. The topological polar surface area (TPSA) is 71.3 Å². The molecule has 0 aliphatic heterocycles. The molecule has 5 nitrogen and oxygen atoms in total. The highest BCUT2D eigenvalue weighted by molar-refractivity contribution is 9.10. The first-order valence-electron chi connectivity index (χ1n) is 7.78. The van der Waals surface area contributed by atoms with Gasteiger partial charge in [-0.25, -0.2) is 0 Å². The maximum Gasteiger partial charge on any atom is 0.266 e. The lowest BCUT2D eigenvalue weighted by molar-refractivity contribution is -0.112. The van der Waals surface area contributed by atoms with Gasteiger partial charge < -0.3 is 14.8 Å². The minimum Gasteiger partial charge on any atom is -0.492 e. The normalized spacial score (nSPS) is 10.9. The van der Waals surface area contributed by atoms with E-state index in [9.17, 15) is 10.1 Å². The summed E-state index contributed by atoms with van der Waals surface area (Å²) in [5, 5.41) is 12.5. The van der Waals surface area contributed by atoms with Crippen LogP contribution in [0.3, 0.4) is 0 Å². The van der Waals surface area contributed by atoms with Crippen molar-refractivity contribution in [3.8, 4) is 17.6 Å². The van der Waals surface area contributed by atoms with Gasteiger partial charge in [0, 0.05) is 0 Å². The van der Waals surface area contributed by atoms with Crippen molar-refractivity contribution in [2.24, 2.45) is 0 Å². The molecule has 0 aromatic heterocycles. The smallest absolute Gasteiger partial charge is 0.266 e. The van der Waals surface area contributed by atoms with Crippen molar-refractivity contribution in [1.29, 1.82) is 5.26 Å². The first-order chi connectivity index (χ1) is 12.9. The first kappa shape index (κ1) is 21.1. The van der Waals surface area contributed by atoms with E-state index in [1.165, 1.54) is 13.2 Å². The number of benzene rings is 2. The Balaban J connectivity index is 2.36. The van der Waals surface area contributed by atoms with Crippen LogP contribution in [0, 0.1) is 11.3 Å². The summed E-state index contributed by atoms with van der Waals surface area (Å²) < 4.78 is 11.5. The Kier molecular flexibility index (Phi) is 7.55. The molecule has 0 atom stereocenters. The molecule has 1 N–H and O–H groups in total. The number of nitrogens with one attached hydrogen (secondary N) is 1. The zero-order valence-electron chi connectivity index (χ0n) is 14.5. The van der Waals surface area contributed by atoms with E-state index in [1.54, 1.807) is 30.3 Å². The summed E-state index contributed by atoms with van der Waals surface area (Å²) in [5.41, 5.74) is 0.807. The lowest BCUT2D eigenvalue weighted by atomic mass is 10.1. The van der Waals surface area contributed by atoms with Crippen LogP contribution in [0.15, 0.2) is 40.4 Å². The van der Waals surface area contributed by atoms with Crippen LogP contribution in [-0.4, -0.2) is 19.6 Å². The van der Waals surface area contributed by atoms with Crippen LogP contribution in [0.4, 0.5) is 5.69 Å². The van der Waals surface area contributed by atoms with Gasteiger partial charge in [-0.2, -0.15) is 5.26 Å². The number of carbonyl (C=O) groups is 1. The third-order valence-corrected chi connectivity index (χ3v) is 4.82. The van der Waals surface area contributed by atoms with Crippen molar-refractivity contribution in [3.05, 3.63) is 56.0 Å². The lowest BCUT2D eigenvalue weighted by Gasteiger charge is -2.12. The molecular weight excluding hydrogens is 455 g/mol. The van der Waals surface area contributed by atoms with Gasteiger partial charge in [-0.1, -0.05) is 29.3 Å². The Hall–Kier alpha value is -2.20. The summed E-state index contributed by atoms with van der Waals surface area (Å²) in [6.45, 7) is 2.29. The predicted octanol–water partition coefficient (Wildman–Crippen LogP) is 5.71. The molecule has 0 spiro atoms. The number of carbonyl (C=O) groups excluding carboxylic acids is 1. The van der Waals surface area contributed by atoms with Gasteiger partial charge in [0.05, 0.1) is 33.9 Å². The van der Waals surface area contributed by atoms with Crippen LogP contribution in [0.5, 0.6) is 11.5 Å². The molecule has 0 aliphatic rings. The van der Waals surface area contributed by atoms with Gasteiger partial charge in [-0.3, -0.25) is 4.79 Å². The molecule has 2 aromatic rings. The van der Waals surface area contributed by atoms with Crippen molar-refractivity contribution in [1.82, 2.24) is 0 Å². The van der Waals surface area contributed by atoms with Gasteiger partial charge >= 0.3 is 0 Å². The molecule has 2 aromatic carbocycles. The van der Waals surface area contributed by atoms with E-state index < -0.39 is 5.91 Å². The number of ether oxygens (including phenoxy) is 2. The number of anilines is 1. The number of hydrogen-bond acceptors (Lipinski definition) is 4. The minimum absolute atomic E-state index is 0.106. The molecule has 2 rings (SSSR count). The Labute approximate surface area is 175 Å². The van der Waals surface area contributed by atoms with E-state index in [4.69, 9.17) is 32.7 Å². The van der Waals surface area contributed by atoms with Crippen LogP contribution in [0.25, 0.3) is 6.08 Å². The molecule has 140 valence electrons. The van der Waals surface area contributed by atoms with Crippen molar-refractivity contribution >= 4 is 56.8 Å². The molecule has 0 saturated carbocycles. The number of rotatable bonds is 6. The Morgan fingerprint density at radius 2 is 2.11 bits per heavy atom. The van der Waals surface area contributed by atoms with E-state index in [2.05, 4.69) is 21.2 Å². The molecule has 27 heavy (non-hydrogen) atoms. The molecule has 0 bridgehead atoms. The molecule has 0 heterocycles. The number of hydrogen-bond donors (Lipinski definition) is 1. The fraction of sp³-hybridized carbons (Fsp3) is 0.158. The van der Waals surface area contributed by atoms with Crippen LogP contribution in [0.1, 0.15) is 12.5 Å². The summed E-state index contributed by atoms with van der Waals surface area (Å²) in [7, 11) is 1.53. The Morgan fingerprint density at radius 1 is 1.37 bits per heavy atom. The maximum absolute atomic E-state index is 12.5. The monoisotopic (exact) mass is 468 g/mol. The second-order valence-corrected chi connectivity index (χ2v) is 6.83. The maximum atomic E-state index is 12.5. The van der Waals surface area contributed by atoms with Crippen molar-refractivity contribution in [2.45, 2.75) is 6.92 Å². The number of halogens is 3. The second kappa shape index (κ2) is 9.65. The highest BCUT2D eigenvalue weighted by atomic mass is 79.9. The average molecular weight is 470 g/mol. The van der Waals surface area contributed by atoms with E-state index in [0.717, 1.165) is 0 Å². The second-order valence-electron chi connectivity index (χ2n) is 5.19. The van der Waals surface area contributed by atoms with Gasteiger partial charge in [-0.15, -0.1) is 0 Å². The third kappa shape index (κ3) is 5.16. The van der Waals surface area contributed by atoms with Crippen LogP contribution in [-0.2, 0) is 4.79 Å². The Morgan fingerprint density at radius 3 is 2.74 bits per heavy atom. The predicted molar refractivity (Wildman–Crippen MR) is 111 cm³/mol. The summed E-state index contributed by atoms with van der Waals surface area (Å²) in [5.74, 6) is 0.422. The highest BCUT2D eigenvalue weighted by Crippen LogP contribution is 2.37. The van der Waals surface area contributed by atoms with Gasteiger partial charge in [0.25, 0.3) is 5.91 Å². The van der Waals surface area contributed by atoms with E-state index in [1.807, 2.05) is 13.0 Å². The van der Waals surface area contributed by atoms with Gasteiger partial charge in [-0.05, 0) is 58.8 Å². The third-order valence-electron chi connectivity index (χ3n) is 3.41. The summed E-state index contributed by atoms with van der Waals surface area (Å²) in [6.07, 6.45) is 1.44. The lowest BCUT2D eigenvalue weighted by Crippen LogP contribution is -2.13. The fourth-order valence-corrected chi connectivity index (χ4v) is 3.21. The number of nitrogens with zero attached hydrogens (tertiary/aromatic N) is 1. The molecule has 0 fully saturated rings. The standard InChI is InChI=1S/C19H15BrCl2N2O3/c1-3-27-16-9-11(8-13(20)18(16)26-2)7-12(10-23)19(25)24-15-6-4-5-14(21)17(15)22/h4-9H,3H2,1-2H3,(H,24,25)/b12-7+. The molecule has 1 amide bonds. The van der Waals surface area contributed by atoms with Gasteiger partial charge in [0.2, 0.25) is 0 Å². The van der Waals surface area contributed by atoms with Crippen molar-refractivity contribution < 1.29 is 14.3 Å². The van der Waals surface area contributed by atoms with Crippen LogP contribution in [0.2, 0.25) is 10.0 Å². The van der Waals surface area contributed by atoms with Gasteiger partial charge in [0.15, 0.2) is 11.5 Å². The SMILES string of the molecule is CCOc1cc(/C=C(\C#N)C(=O)Nc2cccc(Cl)c2Cl)cc(Br)c1OC. The highest BCUT2D eigenvalue weighted by Gasteiger charge is 2.15. The Bertz CT molecular complexity index is 939. The van der Waals surface area contributed by atoms with Crippen LogP contribution >= 0.6 is 39.1 Å². The number of nitriles is 1. The summed E-state index contributed by atoms with van der Waals surface area (Å²) in [6, 6.07) is 10.1. The van der Waals surface area contributed by atoms with E-state index in [-0.39, 0.29) is 10.6 Å². The van der Waals surface area contributed by atoms with Crippen molar-refractivity contribution in [2.75, 3.05) is 19.0 Å². The molecule has 0 saturated heterocycles. The number of amides is 1. The summed E-state index contributed by atoms with van der Waals surface area (Å²) >= 11 is 15.4. The molecular formula is C19H15BrCl2N2O3. The largest absolute Gasteiger partial charge is 0.492 e. The fourth-order valence-electron chi connectivity index (χ4n) is 2.24. The van der Waals surface area contributed by atoms with Crippen LogP contribution < -0.4 is 14.8 Å². The van der Waals surface area contributed by atoms with E-state index >= 15 is 0 Å². The van der Waals surface area contributed by atoms with E-state index in [0.29, 0.717) is 38.9 Å². The van der Waals surface area contributed by atoms with Crippen molar-refractivity contribution in [3.63, 3.8) is 0 Å². The zero-order chi connectivity index (χ0) is 20.0. The first-order valence-corrected chi connectivity index (χ1v) is 9.33. The quantitative estimate of drug-likeness (QED) is 0.434. The number of methoxy groups -OCH3 is 1. The average Bonchev–Trinajstić information content (AvgIpc) is 2.63.